The molecule has 1 saturated heterocycles. The number of rotatable bonds is 5. The number of carbonyl (C=O) groups is 2. The second-order valence-corrected chi connectivity index (χ2v) is 5.81. The number of hydrogen-bond acceptors (Lipinski definition) is 3. The van der Waals surface area contributed by atoms with Crippen molar-refractivity contribution in [3.8, 4) is 0 Å². The van der Waals surface area contributed by atoms with Crippen LogP contribution in [0.15, 0.2) is 30.3 Å². The maximum atomic E-state index is 12.2. The van der Waals surface area contributed by atoms with Crippen LogP contribution in [0, 0.1) is 0 Å². The fraction of sp³-hybridized carbons (Fsp3) is 0.467. The summed E-state index contributed by atoms with van der Waals surface area (Å²) in [4.78, 5) is 25.2. The smallest absolute Gasteiger partial charge is 0.324 e. The standard InChI is InChI=1S/C15H20N2O2S/c1-3-13(11-7-5-4-6-8-11)16-15(19)17-12(10-20-2)9-14(17)18/h4-8,12-13H,3,9-10H2,1-2H3,(H,16,19)/t12-,13?/m1/s1. The van der Waals surface area contributed by atoms with Gasteiger partial charge in [0.25, 0.3) is 0 Å². The zero-order valence-corrected chi connectivity index (χ0v) is 12.7. The lowest BCUT2D eigenvalue weighted by Gasteiger charge is -2.39. The molecule has 20 heavy (non-hydrogen) atoms. The number of hydrogen-bond donors (Lipinski definition) is 1. The minimum Gasteiger partial charge on any atom is -0.331 e. The van der Waals surface area contributed by atoms with E-state index in [1.165, 1.54) is 4.90 Å². The molecule has 0 spiro atoms. The number of urea groups is 1. The van der Waals surface area contributed by atoms with E-state index < -0.39 is 0 Å². The van der Waals surface area contributed by atoms with Crippen molar-refractivity contribution in [2.75, 3.05) is 12.0 Å². The number of carbonyl (C=O) groups excluding carboxylic acids is 2. The van der Waals surface area contributed by atoms with Gasteiger partial charge in [0.2, 0.25) is 5.91 Å². The molecule has 0 aromatic heterocycles. The molecule has 0 saturated carbocycles. The number of imide groups is 1. The Morgan fingerprint density at radius 2 is 2.15 bits per heavy atom. The second-order valence-electron chi connectivity index (χ2n) is 4.90. The van der Waals surface area contributed by atoms with Gasteiger partial charge in [-0.15, -0.1) is 0 Å². The predicted molar refractivity (Wildman–Crippen MR) is 81.6 cm³/mol. The summed E-state index contributed by atoms with van der Waals surface area (Å²) in [5.74, 6) is 0.728. The van der Waals surface area contributed by atoms with Crippen LogP contribution in [0.2, 0.25) is 0 Å². The minimum atomic E-state index is -0.268. The van der Waals surface area contributed by atoms with Crippen molar-refractivity contribution in [2.45, 2.75) is 31.8 Å². The fourth-order valence-corrected chi connectivity index (χ4v) is 3.06. The van der Waals surface area contributed by atoms with E-state index >= 15 is 0 Å². The van der Waals surface area contributed by atoms with Gasteiger partial charge in [-0.1, -0.05) is 37.3 Å². The fourth-order valence-electron chi connectivity index (χ4n) is 2.41. The van der Waals surface area contributed by atoms with E-state index in [1.54, 1.807) is 11.8 Å². The van der Waals surface area contributed by atoms with E-state index in [4.69, 9.17) is 0 Å². The van der Waals surface area contributed by atoms with E-state index in [9.17, 15) is 9.59 Å². The molecule has 108 valence electrons. The van der Waals surface area contributed by atoms with E-state index in [0.717, 1.165) is 17.7 Å². The number of likely N-dealkylation sites (tertiary alicyclic amines) is 1. The molecule has 1 fully saturated rings. The van der Waals surface area contributed by atoms with Gasteiger partial charge in [0, 0.05) is 12.2 Å². The zero-order chi connectivity index (χ0) is 14.5. The molecular weight excluding hydrogens is 272 g/mol. The number of benzene rings is 1. The van der Waals surface area contributed by atoms with Crippen LogP contribution in [-0.4, -0.2) is 34.9 Å². The third kappa shape index (κ3) is 3.15. The zero-order valence-electron chi connectivity index (χ0n) is 11.8. The molecule has 1 unspecified atom stereocenters. The Balaban J connectivity index is 2.01. The lowest BCUT2D eigenvalue weighted by atomic mass is 10.0. The number of β-lactam (4-membered cyclic amide) rings is 1. The third-order valence-electron chi connectivity index (χ3n) is 3.53. The van der Waals surface area contributed by atoms with Crippen LogP contribution >= 0.6 is 11.8 Å². The van der Waals surface area contributed by atoms with Crippen molar-refractivity contribution in [2.24, 2.45) is 0 Å². The largest absolute Gasteiger partial charge is 0.331 e. The van der Waals surface area contributed by atoms with Crippen LogP contribution in [0.5, 0.6) is 0 Å². The van der Waals surface area contributed by atoms with Crippen LogP contribution in [0.1, 0.15) is 31.4 Å². The summed E-state index contributed by atoms with van der Waals surface area (Å²) in [7, 11) is 0. The third-order valence-corrected chi connectivity index (χ3v) is 4.25. The Morgan fingerprint density at radius 3 is 2.70 bits per heavy atom. The molecule has 1 aromatic rings. The van der Waals surface area contributed by atoms with Gasteiger partial charge in [-0.2, -0.15) is 11.8 Å². The molecule has 1 N–H and O–H groups in total. The summed E-state index contributed by atoms with van der Waals surface area (Å²) in [5.41, 5.74) is 1.07. The lowest BCUT2D eigenvalue weighted by molar-refractivity contribution is -0.139. The highest BCUT2D eigenvalue weighted by atomic mass is 32.2. The summed E-state index contributed by atoms with van der Waals surface area (Å²) >= 11 is 1.66. The van der Waals surface area contributed by atoms with Crippen LogP contribution in [0.4, 0.5) is 4.79 Å². The first-order chi connectivity index (χ1) is 9.67. The highest BCUT2D eigenvalue weighted by Crippen LogP contribution is 2.24. The minimum absolute atomic E-state index is 0.0470. The van der Waals surface area contributed by atoms with Gasteiger partial charge >= 0.3 is 6.03 Å². The quantitative estimate of drug-likeness (QED) is 0.849. The number of amides is 3. The van der Waals surface area contributed by atoms with Crippen LogP contribution < -0.4 is 5.32 Å². The van der Waals surface area contributed by atoms with Gasteiger partial charge in [-0.05, 0) is 18.2 Å². The van der Waals surface area contributed by atoms with E-state index in [2.05, 4.69) is 5.32 Å². The van der Waals surface area contributed by atoms with Crippen molar-refractivity contribution in [3.05, 3.63) is 35.9 Å². The summed E-state index contributed by atoms with van der Waals surface area (Å²) in [5, 5.41) is 2.96. The summed E-state index contributed by atoms with van der Waals surface area (Å²) < 4.78 is 0. The molecule has 1 aliphatic rings. The van der Waals surface area contributed by atoms with Gasteiger partial charge in [-0.3, -0.25) is 9.69 Å². The molecule has 0 aliphatic carbocycles. The van der Waals surface area contributed by atoms with Crippen molar-refractivity contribution >= 4 is 23.7 Å². The summed E-state index contributed by atoms with van der Waals surface area (Å²) in [6.07, 6.45) is 3.26. The van der Waals surface area contributed by atoms with E-state index in [-0.39, 0.29) is 24.0 Å². The van der Waals surface area contributed by atoms with Gasteiger partial charge in [0.1, 0.15) is 0 Å². The Kier molecular flexibility index (Phi) is 5.06. The van der Waals surface area contributed by atoms with E-state index in [1.807, 2.05) is 43.5 Å². The Labute approximate surface area is 123 Å². The molecular formula is C15H20N2O2S. The SMILES string of the molecule is CCC(NC(=O)N1C(=O)C[C@@H]1CSC)c1ccccc1. The Hall–Kier alpha value is -1.49. The predicted octanol–water partition coefficient (Wildman–Crippen LogP) is 2.81. The number of nitrogens with one attached hydrogen (secondary N) is 1. The summed E-state index contributed by atoms with van der Waals surface area (Å²) in [6, 6.07) is 9.57. The molecule has 1 aliphatic heterocycles. The second kappa shape index (κ2) is 6.79. The molecule has 1 aromatic carbocycles. The summed E-state index contributed by atoms with van der Waals surface area (Å²) in [6.45, 7) is 2.02. The first-order valence-electron chi connectivity index (χ1n) is 6.83. The number of nitrogens with zero attached hydrogens (tertiary/aromatic N) is 1. The highest BCUT2D eigenvalue weighted by Gasteiger charge is 2.40. The Bertz CT molecular complexity index is 478. The van der Waals surface area contributed by atoms with Crippen molar-refractivity contribution in [1.29, 1.82) is 0 Å². The highest BCUT2D eigenvalue weighted by molar-refractivity contribution is 7.98. The monoisotopic (exact) mass is 292 g/mol. The first-order valence-corrected chi connectivity index (χ1v) is 8.23. The average molecular weight is 292 g/mol. The first kappa shape index (κ1) is 14.9. The molecule has 0 bridgehead atoms. The average Bonchev–Trinajstić information content (AvgIpc) is 2.45. The molecule has 3 amide bonds. The van der Waals surface area contributed by atoms with Gasteiger partial charge in [0.15, 0.2) is 0 Å². The van der Waals surface area contributed by atoms with Crippen LogP contribution in [0.3, 0.4) is 0 Å². The van der Waals surface area contributed by atoms with Crippen LogP contribution in [-0.2, 0) is 4.79 Å². The molecule has 0 radical (unpaired) electrons. The Morgan fingerprint density at radius 1 is 1.45 bits per heavy atom. The van der Waals surface area contributed by atoms with Crippen LogP contribution in [0.25, 0.3) is 0 Å². The van der Waals surface area contributed by atoms with Gasteiger partial charge in [0.05, 0.1) is 12.1 Å². The van der Waals surface area contributed by atoms with Gasteiger partial charge in [-0.25, -0.2) is 4.79 Å². The maximum Gasteiger partial charge on any atom is 0.324 e. The molecule has 1 heterocycles. The van der Waals surface area contributed by atoms with Crippen molar-refractivity contribution < 1.29 is 9.59 Å². The molecule has 2 atom stereocenters. The molecule has 4 nitrogen and oxygen atoms in total. The van der Waals surface area contributed by atoms with E-state index in [0.29, 0.717) is 6.42 Å². The van der Waals surface area contributed by atoms with Crippen molar-refractivity contribution in [3.63, 3.8) is 0 Å². The maximum absolute atomic E-state index is 12.2. The topological polar surface area (TPSA) is 49.4 Å². The number of thioether (sulfide) groups is 1. The van der Waals surface area contributed by atoms with Gasteiger partial charge < -0.3 is 5.32 Å². The lowest BCUT2D eigenvalue weighted by Crippen LogP contribution is -2.60. The molecule has 2 rings (SSSR count). The van der Waals surface area contributed by atoms with Crippen molar-refractivity contribution in [1.82, 2.24) is 10.2 Å². The molecule has 5 heteroatoms. The normalized spacial score (nSPS) is 19.4.